The number of ether oxygens (including phenoxy) is 10. The van der Waals surface area contributed by atoms with E-state index in [-0.39, 0.29) is 93.1 Å². The quantitative estimate of drug-likeness (QED) is 0.0356. The maximum Gasteiger partial charge on any atom is 0.412 e. The number of hydrogen-bond donors (Lipinski definition) is 5. The van der Waals surface area contributed by atoms with Crippen molar-refractivity contribution in [3.05, 3.63) is 82.4 Å². The van der Waals surface area contributed by atoms with Crippen molar-refractivity contribution in [3.63, 3.8) is 0 Å². The van der Waals surface area contributed by atoms with E-state index in [4.69, 9.17) is 59.0 Å². The molecule has 2 unspecified atom stereocenters. The van der Waals surface area contributed by atoms with Gasteiger partial charge in [0.2, 0.25) is 23.6 Å². The minimum absolute atomic E-state index is 0.0147. The van der Waals surface area contributed by atoms with Crippen LogP contribution in [0.4, 0.5) is 36.2 Å². The highest BCUT2D eigenvalue weighted by molar-refractivity contribution is 9.09. The molecule has 0 saturated carbocycles. The van der Waals surface area contributed by atoms with Crippen LogP contribution in [0.15, 0.2) is 66.3 Å². The van der Waals surface area contributed by atoms with E-state index in [9.17, 15) is 48.3 Å². The lowest BCUT2D eigenvalue weighted by atomic mass is 9.83. The number of likely N-dealkylation sites (N-methyl/N-ethyl adjacent to an activating group) is 3. The molecule has 5 N–H and O–H groups in total. The number of nitrogens with one attached hydrogen (secondary N) is 4. The summed E-state index contributed by atoms with van der Waals surface area (Å²) in [4.78, 5) is 124. The summed E-state index contributed by atoms with van der Waals surface area (Å²) in [7, 11) is 8.59. The van der Waals surface area contributed by atoms with Gasteiger partial charge in [0.1, 0.15) is 66.8 Å². The third kappa shape index (κ3) is 19.7. The second kappa shape index (κ2) is 33.0. The number of amides is 8. The van der Waals surface area contributed by atoms with Crippen LogP contribution in [-0.4, -0.2) is 216 Å². The van der Waals surface area contributed by atoms with Gasteiger partial charge in [-0.3, -0.25) is 29.8 Å². The monoisotopic (exact) mass is 1350 g/mol. The number of alkyl carbamates (subject to hydrolysis) is 1. The standard InChI is InChI=1S/C60H80BrClN8O20/c1-35-13-11-15-46(82-10)60(80)30-45(88-56(77)66-60)36(2)53-59(4,90-53)47(29-51(74)70(8)43-27-39(25-35)28-44(81-9)52(43)62)89-54(75)37(3)69(7)50(73)19-24-85-57(78)67(5)21-22-68(6)58(79)86-32-38-16-17-41(42(26-38)64-48(71)18-20-63-49(72)31-61)65-55(76)87-40-14-12-23-83-34-84-33-40/h11-17,26-28,36-37,40,45-47,53,80H,18-25,29-34H2,1-10H3,(H,63,72)(H,64,71)(H,65,76)(H,66,77)/b14-12+,15-11+,35-13+/t36-,37+,40?,45+,46-,47+,53?,59+,60+/m1/s1. The van der Waals surface area contributed by atoms with Gasteiger partial charge in [-0.15, -0.1) is 0 Å². The van der Waals surface area contributed by atoms with Gasteiger partial charge in [0.25, 0.3) is 0 Å². The largest absolute Gasteiger partial charge is 0.495 e. The molecule has 9 atom stereocenters. The number of halogens is 2. The highest BCUT2D eigenvalue weighted by atomic mass is 79.9. The molecule has 0 spiro atoms. The molecular weight excluding hydrogens is 1270 g/mol. The lowest BCUT2D eigenvalue weighted by Gasteiger charge is -2.42. The van der Waals surface area contributed by atoms with Crippen molar-refractivity contribution in [2.45, 2.75) is 114 Å². The molecule has 2 aromatic carbocycles. The molecule has 4 bridgehead atoms. The highest BCUT2D eigenvalue weighted by Crippen LogP contribution is 2.49. The van der Waals surface area contributed by atoms with E-state index in [0.717, 1.165) is 16.0 Å². The summed E-state index contributed by atoms with van der Waals surface area (Å²) in [6.45, 7) is 6.38. The molecule has 2 aromatic rings. The van der Waals surface area contributed by atoms with Crippen molar-refractivity contribution in [3.8, 4) is 5.75 Å². The lowest BCUT2D eigenvalue weighted by molar-refractivity contribution is -0.162. The number of benzene rings is 2. The van der Waals surface area contributed by atoms with E-state index < -0.39 is 115 Å². The number of carbonyl (C=O) groups is 9. The molecule has 30 heteroatoms. The van der Waals surface area contributed by atoms with Gasteiger partial charge in [-0.2, -0.15) is 0 Å². The highest BCUT2D eigenvalue weighted by Gasteiger charge is 2.64. The number of nitrogens with zero attached hydrogens (tertiary/aromatic N) is 4. The second-order valence-corrected chi connectivity index (χ2v) is 23.1. The van der Waals surface area contributed by atoms with Gasteiger partial charge in [0, 0.05) is 73.7 Å². The number of esters is 1. The van der Waals surface area contributed by atoms with Crippen LogP contribution in [0.2, 0.25) is 5.02 Å². The Morgan fingerprint density at radius 2 is 1.67 bits per heavy atom. The topological polar surface area (TPSA) is 331 Å². The normalized spacial score (nSPS) is 25.0. The Balaban J connectivity index is 1.03. The summed E-state index contributed by atoms with van der Waals surface area (Å²) < 4.78 is 56.3. The Bertz CT molecular complexity index is 3040. The second-order valence-electron chi connectivity index (χ2n) is 22.2. The fraction of sp³-hybridized carbons (Fsp3) is 0.550. The number of carbonyl (C=O) groups excluding carboxylic acids is 9. The third-order valence-electron chi connectivity index (χ3n) is 15.5. The number of fused-ring (bicyclic) bond motifs is 5. The maximum absolute atomic E-state index is 14.4. The van der Waals surface area contributed by atoms with Crippen LogP contribution in [0, 0.1) is 5.92 Å². The van der Waals surface area contributed by atoms with Crippen LogP contribution in [0.25, 0.3) is 0 Å². The molecule has 90 heavy (non-hydrogen) atoms. The van der Waals surface area contributed by atoms with Gasteiger partial charge in [-0.25, -0.2) is 24.0 Å². The number of rotatable bonds is 20. The molecule has 4 aliphatic rings. The summed E-state index contributed by atoms with van der Waals surface area (Å²) in [6, 6.07) is 6.78. The number of aliphatic hydroxyl groups is 1. The summed E-state index contributed by atoms with van der Waals surface area (Å²) in [6.07, 6.45) is -0.269. The summed E-state index contributed by atoms with van der Waals surface area (Å²) in [5.41, 5.74) is -0.620. The zero-order valence-electron chi connectivity index (χ0n) is 52.0. The van der Waals surface area contributed by atoms with E-state index >= 15 is 0 Å². The van der Waals surface area contributed by atoms with Gasteiger partial charge < -0.3 is 82.7 Å². The Kier molecular flexibility index (Phi) is 26.2. The first-order valence-electron chi connectivity index (χ1n) is 28.9. The minimum Gasteiger partial charge on any atom is -0.495 e. The average molecular weight is 1350 g/mol. The zero-order chi connectivity index (χ0) is 66.0. The predicted molar refractivity (Wildman–Crippen MR) is 329 cm³/mol. The average Bonchev–Trinajstić information content (AvgIpc) is 1.57. The molecule has 494 valence electrons. The molecule has 0 aromatic heterocycles. The van der Waals surface area contributed by atoms with Gasteiger partial charge in [0.15, 0.2) is 5.72 Å². The van der Waals surface area contributed by atoms with Gasteiger partial charge in [-0.05, 0) is 68.7 Å². The van der Waals surface area contributed by atoms with Crippen LogP contribution in [0.1, 0.15) is 64.5 Å². The molecule has 28 nitrogen and oxygen atoms in total. The number of alkyl halides is 1. The van der Waals surface area contributed by atoms with Crippen molar-refractivity contribution in [2.24, 2.45) is 5.92 Å². The smallest absolute Gasteiger partial charge is 0.412 e. The van der Waals surface area contributed by atoms with Crippen LogP contribution < -0.4 is 30.9 Å². The first-order valence-corrected chi connectivity index (χ1v) is 30.4. The molecule has 2 fully saturated rings. The molecule has 0 aliphatic carbocycles. The van der Waals surface area contributed by atoms with E-state index in [1.165, 1.54) is 76.2 Å². The fourth-order valence-corrected chi connectivity index (χ4v) is 10.4. The van der Waals surface area contributed by atoms with Crippen LogP contribution in [-0.2, 0) is 79.6 Å². The van der Waals surface area contributed by atoms with Crippen LogP contribution >= 0.6 is 27.5 Å². The number of epoxide rings is 1. The minimum atomic E-state index is -1.91. The van der Waals surface area contributed by atoms with E-state index in [1.54, 1.807) is 56.4 Å². The molecular formula is C60H80BrClN8O20. The predicted octanol–water partition coefficient (Wildman–Crippen LogP) is 5.56. The Labute approximate surface area is 535 Å². The van der Waals surface area contributed by atoms with E-state index in [0.29, 0.717) is 23.4 Å². The van der Waals surface area contributed by atoms with E-state index in [2.05, 4.69) is 37.2 Å². The first kappa shape index (κ1) is 71.5. The van der Waals surface area contributed by atoms with E-state index in [1.807, 2.05) is 13.0 Å². The molecule has 2 saturated heterocycles. The Morgan fingerprint density at radius 1 is 0.944 bits per heavy atom. The molecule has 8 amide bonds. The van der Waals surface area contributed by atoms with Gasteiger partial charge >= 0.3 is 30.3 Å². The third-order valence-corrected chi connectivity index (χ3v) is 16.4. The lowest BCUT2D eigenvalue weighted by Crippen LogP contribution is -2.63. The number of allylic oxidation sites excluding steroid dienone is 3. The van der Waals surface area contributed by atoms with Crippen molar-refractivity contribution in [1.82, 2.24) is 25.3 Å². The van der Waals surface area contributed by atoms with Crippen molar-refractivity contribution < 1.29 is 95.6 Å². The van der Waals surface area contributed by atoms with Crippen LogP contribution in [0.3, 0.4) is 0 Å². The van der Waals surface area contributed by atoms with Gasteiger partial charge in [-0.1, -0.05) is 70.4 Å². The van der Waals surface area contributed by atoms with Crippen molar-refractivity contribution >= 4 is 98.6 Å². The summed E-state index contributed by atoms with van der Waals surface area (Å²) in [5.74, 6) is -3.17. The molecule has 0 radical (unpaired) electrons. The first-order chi connectivity index (χ1) is 42.7. The molecule has 4 heterocycles. The van der Waals surface area contributed by atoms with Crippen molar-refractivity contribution in [1.29, 1.82) is 0 Å². The number of methoxy groups -OCH3 is 2. The summed E-state index contributed by atoms with van der Waals surface area (Å²) in [5, 5.41) is 22.5. The van der Waals surface area contributed by atoms with Crippen molar-refractivity contribution in [2.75, 3.05) is 110 Å². The number of hydrogen-bond acceptors (Lipinski definition) is 20. The number of anilines is 3. The molecule has 4 aliphatic heterocycles. The zero-order valence-corrected chi connectivity index (χ0v) is 54.3. The maximum atomic E-state index is 14.4. The Morgan fingerprint density at radius 3 is 2.37 bits per heavy atom. The SMILES string of the molecule is COc1cc2cc(c1Cl)N(C)C(=O)C[C@H](OC(=O)[C@H](C)N(C)C(=O)CCOC(=O)N(C)CCN(C)C(=O)OCc1ccc(NC(=O)OC3/C=C/COCOC3)c(NC(=O)CCNC(=O)CBr)c1)[C@]1(C)OC1[C@H](C)[C@@H]1C[C@@](O)(NC(=O)O1)[C@H](OC)/C=C/C=C(\C)C2. The summed E-state index contributed by atoms with van der Waals surface area (Å²) >= 11 is 9.87. The fourth-order valence-electron chi connectivity index (χ4n) is 9.89. The molecule has 6 rings (SSSR count). The van der Waals surface area contributed by atoms with Crippen LogP contribution in [0.5, 0.6) is 5.75 Å². The van der Waals surface area contributed by atoms with Gasteiger partial charge in [0.05, 0.1) is 61.7 Å². The Hall–Kier alpha value is -7.54.